The van der Waals surface area contributed by atoms with Gasteiger partial charge < -0.3 is 15.8 Å². The van der Waals surface area contributed by atoms with Crippen molar-refractivity contribution in [1.29, 1.82) is 0 Å². The molecule has 24 heavy (non-hydrogen) atoms. The molecule has 0 aliphatic rings. The molecule has 130 valence electrons. The van der Waals surface area contributed by atoms with Gasteiger partial charge in [-0.25, -0.2) is 4.79 Å². The van der Waals surface area contributed by atoms with E-state index in [1.807, 2.05) is 68.9 Å². The molecule has 0 saturated heterocycles. The molecule has 2 aromatic rings. The summed E-state index contributed by atoms with van der Waals surface area (Å²) in [5.41, 5.74) is 8.62. The Morgan fingerprint density at radius 2 is 2.00 bits per heavy atom. The fourth-order valence-electron chi connectivity index (χ4n) is 2.32. The highest BCUT2D eigenvalue weighted by atomic mass is 16.6. The first-order valence-corrected chi connectivity index (χ1v) is 8.05. The Bertz CT molecular complexity index is 674. The summed E-state index contributed by atoms with van der Waals surface area (Å²) < 4.78 is 7.03. The van der Waals surface area contributed by atoms with Crippen molar-refractivity contribution in [2.45, 2.75) is 38.8 Å². The normalized spacial score (nSPS) is 12.7. The van der Waals surface area contributed by atoms with Gasteiger partial charge in [-0.1, -0.05) is 30.3 Å². The van der Waals surface area contributed by atoms with Crippen molar-refractivity contribution >= 4 is 6.09 Å². The number of aromatic nitrogens is 2. The van der Waals surface area contributed by atoms with E-state index in [0.717, 1.165) is 17.0 Å². The van der Waals surface area contributed by atoms with Gasteiger partial charge in [0.1, 0.15) is 5.60 Å². The van der Waals surface area contributed by atoms with Gasteiger partial charge in [-0.3, -0.25) is 4.68 Å². The fraction of sp³-hybridized carbons (Fsp3) is 0.444. The highest BCUT2D eigenvalue weighted by Gasteiger charge is 2.17. The predicted molar refractivity (Wildman–Crippen MR) is 94.6 cm³/mol. The number of aryl methyl sites for hydroxylation is 1. The maximum absolute atomic E-state index is 11.7. The van der Waals surface area contributed by atoms with Gasteiger partial charge >= 0.3 is 6.09 Å². The van der Waals surface area contributed by atoms with E-state index >= 15 is 0 Å². The molecule has 0 spiro atoms. The summed E-state index contributed by atoms with van der Waals surface area (Å²) in [6.07, 6.45) is 0.166. The molecular formula is C18H26N4O2. The summed E-state index contributed by atoms with van der Waals surface area (Å²) in [5.74, 6) is 0. The number of ether oxygens (including phenoxy) is 1. The molecule has 1 heterocycles. The van der Waals surface area contributed by atoms with E-state index in [1.54, 1.807) is 0 Å². The summed E-state index contributed by atoms with van der Waals surface area (Å²) in [6.45, 7) is 5.83. The summed E-state index contributed by atoms with van der Waals surface area (Å²) in [7, 11) is 1.90. The molecule has 0 radical (unpaired) electrons. The van der Waals surface area contributed by atoms with Crippen molar-refractivity contribution < 1.29 is 9.53 Å². The molecule has 2 rings (SSSR count). The number of nitrogens with two attached hydrogens (primary N) is 1. The van der Waals surface area contributed by atoms with Gasteiger partial charge in [0.15, 0.2) is 0 Å². The van der Waals surface area contributed by atoms with Crippen LogP contribution in [0.5, 0.6) is 0 Å². The Balaban J connectivity index is 1.91. The van der Waals surface area contributed by atoms with Crippen LogP contribution in [0.25, 0.3) is 11.3 Å². The molecule has 0 aliphatic carbocycles. The van der Waals surface area contributed by atoms with E-state index in [9.17, 15) is 4.79 Å². The zero-order chi connectivity index (χ0) is 17.7. The lowest BCUT2D eigenvalue weighted by Crippen LogP contribution is -2.41. The van der Waals surface area contributed by atoms with Gasteiger partial charge in [0.25, 0.3) is 0 Å². The number of nitrogens with zero attached hydrogens (tertiary/aromatic N) is 2. The van der Waals surface area contributed by atoms with Crippen LogP contribution in [0, 0.1) is 0 Å². The summed E-state index contributed by atoms with van der Waals surface area (Å²) in [4.78, 5) is 11.7. The van der Waals surface area contributed by atoms with Gasteiger partial charge in [-0.05, 0) is 26.8 Å². The van der Waals surface area contributed by atoms with Crippen LogP contribution in [0.2, 0.25) is 0 Å². The summed E-state index contributed by atoms with van der Waals surface area (Å²) in [6, 6.07) is 11.8. The van der Waals surface area contributed by atoms with E-state index in [2.05, 4.69) is 10.4 Å². The number of alkyl carbamates (subject to hydrolysis) is 1. The Kier molecular flexibility index (Phi) is 5.62. The van der Waals surface area contributed by atoms with Crippen molar-refractivity contribution in [3.05, 3.63) is 42.1 Å². The zero-order valence-electron chi connectivity index (χ0n) is 14.7. The Labute approximate surface area is 143 Å². The average molecular weight is 330 g/mol. The minimum Gasteiger partial charge on any atom is -0.444 e. The lowest BCUT2D eigenvalue weighted by molar-refractivity contribution is 0.0524. The third kappa shape index (κ3) is 5.38. The predicted octanol–water partition coefficient (Wildman–Crippen LogP) is 2.48. The van der Waals surface area contributed by atoms with Crippen molar-refractivity contribution in [2.75, 3.05) is 6.54 Å². The second-order valence-electron chi connectivity index (χ2n) is 6.86. The molecule has 1 aromatic carbocycles. The largest absolute Gasteiger partial charge is 0.444 e. The standard InChI is InChI=1S/C18H26N4O2/c1-18(2,3)24-17(23)20-12-14(19)10-15-11-16(21-22(15)4)13-8-6-5-7-9-13/h5-9,11,14H,10,12,19H2,1-4H3,(H,20,23). The van der Waals surface area contributed by atoms with Crippen LogP contribution in [0.4, 0.5) is 4.79 Å². The maximum Gasteiger partial charge on any atom is 0.407 e. The fourth-order valence-corrected chi connectivity index (χ4v) is 2.32. The SMILES string of the molecule is Cn1nc(-c2ccccc2)cc1CC(N)CNC(=O)OC(C)(C)C. The minimum absolute atomic E-state index is 0.212. The smallest absolute Gasteiger partial charge is 0.407 e. The number of hydrogen-bond donors (Lipinski definition) is 2. The van der Waals surface area contributed by atoms with E-state index < -0.39 is 11.7 Å². The third-order valence-electron chi connectivity index (χ3n) is 3.43. The molecule has 1 unspecified atom stereocenters. The molecule has 0 saturated carbocycles. The zero-order valence-corrected chi connectivity index (χ0v) is 14.7. The van der Waals surface area contributed by atoms with Crippen molar-refractivity contribution in [3.8, 4) is 11.3 Å². The van der Waals surface area contributed by atoms with Crippen LogP contribution < -0.4 is 11.1 Å². The summed E-state index contributed by atoms with van der Waals surface area (Å²) in [5, 5.41) is 7.23. The highest BCUT2D eigenvalue weighted by Crippen LogP contribution is 2.18. The molecule has 1 aromatic heterocycles. The van der Waals surface area contributed by atoms with Crippen LogP contribution >= 0.6 is 0 Å². The molecule has 6 nitrogen and oxygen atoms in total. The molecule has 0 bridgehead atoms. The third-order valence-corrected chi connectivity index (χ3v) is 3.43. The Morgan fingerprint density at radius 3 is 2.62 bits per heavy atom. The minimum atomic E-state index is -0.513. The number of nitrogens with one attached hydrogen (secondary N) is 1. The summed E-state index contributed by atoms with van der Waals surface area (Å²) >= 11 is 0. The number of benzene rings is 1. The van der Waals surface area contributed by atoms with Crippen LogP contribution in [0.1, 0.15) is 26.5 Å². The lowest BCUT2D eigenvalue weighted by atomic mass is 10.1. The average Bonchev–Trinajstić information content (AvgIpc) is 2.85. The number of hydrogen-bond acceptors (Lipinski definition) is 4. The lowest BCUT2D eigenvalue weighted by Gasteiger charge is -2.20. The Hall–Kier alpha value is -2.34. The monoisotopic (exact) mass is 330 g/mol. The molecule has 1 atom stereocenters. The number of carbonyl (C=O) groups is 1. The molecule has 1 amide bonds. The second-order valence-corrected chi connectivity index (χ2v) is 6.86. The van der Waals surface area contributed by atoms with Crippen molar-refractivity contribution in [3.63, 3.8) is 0 Å². The highest BCUT2D eigenvalue weighted by molar-refractivity contribution is 5.67. The molecule has 6 heteroatoms. The molecule has 3 N–H and O–H groups in total. The van der Waals surface area contributed by atoms with Crippen LogP contribution in [-0.4, -0.2) is 34.1 Å². The second kappa shape index (κ2) is 7.49. The van der Waals surface area contributed by atoms with E-state index in [-0.39, 0.29) is 6.04 Å². The number of rotatable bonds is 5. The van der Waals surface area contributed by atoms with Gasteiger partial charge in [0.2, 0.25) is 0 Å². The topological polar surface area (TPSA) is 82.2 Å². The first-order chi connectivity index (χ1) is 11.2. The van der Waals surface area contributed by atoms with Crippen molar-refractivity contribution in [1.82, 2.24) is 15.1 Å². The van der Waals surface area contributed by atoms with Gasteiger partial charge in [0.05, 0.1) is 5.69 Å². The molecule has 0 fully saturated rings. The van der Waals surface area contributed by atoms with Crippen molar-refractivity contribution in [2.24, 2.45) is 12.8 Å². The maximum atomic E-state index is 11.7. The van der Waals surface area contributed by atoms with Crippen LogP contribution in [0.3, 0.4) is 0 Å². The van der Waals surface area contributed by atoms with Crippen LogP contribution in [-0.2, 0) is 18.2 Å². The van der Waals surface area contributed by atoms with Gasteiger partial charge in [-0.2, -0.15) is 5.10 Å². The first-order valence-electron chi connectivity index (χ1n) is 8.05. The van der Waals surface area contributed by atoms with E-state index in [1.165, 1.54) is 0 Å². The Morgan fingerprint density at radius 1 is 1.33 bits per heavy atom. The first kappa shape index (κ1) is 18.0. The van der Waals surface area contributed by atoms with E-state index in [4.69, 9.17) is 10.5 Å². The van der Waals surface area contributed by atoms with Gasteiger partial charge in [-0.15, -0.1) is 0 Å². The quantitative estimate of drug-likeness (QED) is 0.882. The number of amides is 1. The van der Waals surface area contributed by atoms with Crippen LogP contribution in [0.15, 0.2) is 36.4 Å². The molecular weight excluding hydrogens is 304 g/mol. The van der Waals surface area contributed by atoms with Gasteiger partial charge in [0, 0.05) is 37.3 Å². The van der Waals surface area contributed by atoms with E-state index in [0.29, 0.717) is 13.0 Å². The molecule has 0 aliphatic heterocycles. The number of carbonyl (C=O) groups excluding carboxylic acids is 1.